The van der Waals surface area contributed by atoms with Crippen molar-refractivity contribution in [3.8, 4) is 16.2 Å². The Kier molecular flexibility index (Phi) is 10.7. The van der Waals surface area contributed by atoms with Crippen LogP contribution >= 0.6 is 11.3 Å². The number of benzene rings is 2. The Morgan fingerprint density at radius 3 is 2.35 bits per heavy atom. The predicted molar refractivity (Wildman–Crippen MR) is 199 cm³/mol. The average Bonchev–Trinajstić information content (AvgIpc) is 3.60. The van der Waals surface area contributed by atoms with Crippen molar-refractivity contribution in [2.24, 2.45) is 5.41 Å². The zero-order valence-electron chi connectivity index (χ0n) is 30.6. The second-order valence-electron chi connectivity index (χ2n) is 15.8. The van der Waals surface area contributed by atoms with Gasteiger partial charge in [-0.05, 0) is 108 Å². The Hall–Kier alpha value is -4.42. The van der Waals surface area contributed by atoms with E-state index in [1.807, 2.05) is 61.2 Å². The fourth-order valence-electron chi connectivity index (χ4n) is 7.73. The molecule has 3 saturated heterocycles. The molecule has 1 aromatic heterocycles. The van der Waals surface area contributed by atoms with Crippen molar-refractivity contribution >= 4 is 40.3 Å². The van der Waals surface area contributed by atoms with Crippen LogP contribution in [-0.4, -0.2) is 88.4 Å². The minimum atomic E-state index is -1.06. The number of amides is 2. The second-order valence-corrected chi connectivity index (χ2v) is 16.9. The van der Waals surface area contributed by atoms with E-state index in [-0.39, 0.29) is 24.3 Å². The number of hydrogen-bond acceptors (Lipinski definition) is 9. The second kappa shape index (κ2) is 14.9. The highest BCUT2D eigenvalue weighted by Crippen LogP contribution is 2.47. The molecule has 12 heteroatoms. The van der Waals surface area contributed by atoms with Crippen LogP contribution < -0.4 is 10.1 Å². The standard InChI is InChI=1S/C40H49N3O8S/c1-38(2,3)51-37(48)41-33-30(23-32(52-33)27-12-14-29(15-13-27)49-31(35(45)46)22-26-10-7-6-8-11-26)34(44)42-20-16-28(17-21-42)43-19-9-18-40(25-43)24-39(4,5)50-36(40)47/h6-8,10-15,23,28,31H,9,16-22,24-25H2,1-5H3,(H,41,48)(H,45,46). The van der Waals surface area contributed by atoms with Crippen LogP contribution in [0, 0.1) is 5.41 Å². The number of esters is 1. The third-order valence-corrected chi connectivity index (χ3v) is 11.1. The van der Waals surface area contributed by atoms with Gasteiger partial charge in [0.15, 0.2) is 6.10 Å². The lowest BCUT2D eigenvalue weighted by Crippen LogP contribution is -2.53. The predicted octanol–water partition coefficient (Wildman–Crippen LogP) is 7.25. The molecule has 3 aliphatic heterocycles. The maximum Gasteiger partial charge on any atom is 0.412 e. The number of piperidine rings is 2. The minimum Gasteiger partial charge on any atom is -0.478 e. The fourth-order valence-corrected chi connectivity index (χ4v) is 8.77. The van der Waals surface area contributed by atoms with Gasteiger partial charge in [-0.2, -0.15) is 0 Å². The van der Waals surface area contributed by atoms with Crippen molar-refractivity contribution in [3.63, 3.8) is 0 Å². The van der Waals surface area contributed by atoms with Gasteiger partial charge in [0, 0.05) is 43.4 Å². The molecule has 3 aliphatic rings. The number of carboxylic acids is 1. The number of nitrogens with zero attached hydrogens (tertiary/aromatic N) is 2. The summed E-state index contributed by atoms with van der Waals surface area (Å²) >= 11 is 1.27. The lowest BCUT2D eigenvalue weighted by atomic mass is 9.74. The molecule has 2 unspecified atom stereocenters. The Bertz CT molecular complexity index is 1780. The summed E-state index contributed by atoms with van der Waals surface area (Å²) in [5, 5.41) is 13.0. The Balaban J connectivity index is 1.15. The number of nitrogens with one attached hydrogen (secondary N) is 1. The van der Waals surface area contributed by atoms with Crippen LogP contribution in [-0.2, 0) is 25.5 Å². The maximum absolute atomic E-state index is 14.1. The number of carbonyl (C=O) groups is 4. The Labute approximate surface area is 309 Å². The number of rotatable bonds is 9. The van der Waals surface area contributed by atoms with Crippen molar-refractivity contribution in [3.05, 3.63) is 71.8 Å². The van der Waals surface area contributed by atoms with Crippen LogP contribution in [0.5, 0.6) is 5.75 Å². The van der Waals surface area contributed by atoms with Gasteiger partial charge in [-0.1, -0.05) is 30.3 Å². The van der Waals surface area contributed by atoms with Crippen molar-refractivity contribution in [2.75, 3.05) is 31.5 Å². The highest BCUT2D eigenvalue weighted by Gasteiger charge is 2.54. The molecule has 0 bridgehead atoms. The molecule has 1 spiro atoms. The fraction of sp³-hybridized carbons (Fsp3) is 0.500. The summed E-state index contributed by atoms with van der Waals surface area (Å²) in [6.07, 6.45) is 2.61. The number of cyclic esters (lactones) is 1. The van der Waals surface area contributed by atoms with Gasteiger partial charge in [-0.15, -0.1) is 11.3 Å². The van der Waals surface area contributed by atoms with E-state index < -0.39 is 34.8 Å². The average molecular weight is 732 g/mol. The van der Waals surface area contributed by atoms with Gasteiger partial charge < -0.3 is 24.2 Å². The zero-order valence-corrected chi connectivity index (χ0v) is 31.4. The summed E-state index contributed by atoms with van der Waals surface area (Å²) in [5.74, 6) is -0.905. The van der Waals surface area contributed by atoms with Gasteiger partial charge in [0.05, 0.1) is 11.0 Å². The van der Waals surface area contributed by atoms with Gasteiger partial charge in [0.2, 0.25) is 0 Å². The van der Waals surface area contributed by atoms with Crippen LogP contribution in [0.15, 0.2) is 60.7 Å². The number of aliphatic carboxylic acids is 1. The van der Waals surface area contributed by atoms with Crippen LogP contribution in [0.3, 0.4) is 0 Å². The van der Waals surface area contributed by atoms with Crippen LogP contribution in [0.4, 0.5) is 9.80 Å². The first-order valence-electron chi connectivity index (χ1n) is 18.0. The molecule has 11 nitrogen and oxygen atoms in total. The molecular formula is C40H49N3O8S. The lowest BCUT2D eigenvalue weighted by Gasteiger charge is -2.44. The van der Waals surface area contributed by atoms with Crippen LogP contribution in [0.1, 0.15) is 82.6 Å². The number of likely N-dealkylation sites (tertiary alicyclic amines) is 2. The monoisotopic (exact) mass is 731 g/mol. The van der Waals surface area contributed by atoms with E-state index in [1.165, 1.54) is 11.3 Å². The topological polar surface area (TPSA) is 135 Å². The summed E-state index contributed by atoms with van der Waals surface area (Å²) in [6.45, 7) is 12.0. The number of anilines is 1. The molecular weight excluding hydrogens is 683 g/mol. The maximum atomic E-state index is 14.1. The summed E-state index contributed by atoms with van der Waals surface area (Å²) in [4.78, 5) is 57.0. The largest absolute Gasteiger partial charge is 0.478 e. The highest BCUT2D eigenvalue weighted by molar-refractivity contribution is 7.20. The first kappa shape index (κ1) is 37.3. The van der Waals surface area contributed by atoms with Crippen LogP contribution in [0.25, 0.3) is 10.4 Å². The summed E-state index contributed by atoms with van der Waals surface area (Å²) in [7, 11) is 0. The number of carboxylic acid groups (broad SMARTS) is 1. The molecule has 6 rings (SSSR count). The summed E-state index contributed by atoms with van der Waals surface area (Å²) in [5.41, 5.74) is 0.405. The molecule has 0 aliphatic carbocycles. The lowest BCUT2D eigenvalue weighted by molar-refractivity contribution is -0.154. The quantitative estimate of drug-likeness (QED) is 0.218. The van der Waals surface area contributed by atoms with Crippen molar-refractivity contribution in [1.82, 2.24) is 9.80 Å². The molecule has 0 saturated carbocycles. The van der Waals surface area contributed by atoms with Crippen molar-refractivity contribution < 1.29 is 38.5 Å². The molecule has 2 aromatic carbocycles. The van der Waals surface area contributed by atoms with Gasteiger partial charge in [0.1, 0.15) is 22.0 Å². The molecule has 3 aromatic rings. The van der Waals surface area contributed by atoms with Crippen LogP contribution in [0.2, 0.25) is 0 Å². The number of carbonyl (C=O) groups excluding carboxylic acids is 3. The number of hydrogen-bond donors (Lipinski definition) is 2. The van der Waals surface area contributed by atoms with E-state index in [2.05, 4.69) is 10.2 Å². The van der Waals surface area contributed by atoms with E-state index in [0.29, 0.717) is 35.9 Å². The van der Waals surface area contributed by atoms with E-state index in [1.54, 1.807) is 39.0 Å². The van der Waals surface area contributed by atoms with Crippen molar-refractivity contribution in [2.45, 2.75) is 96.5 Å². The van der Waals surface area contributed by atoms with E-state index in [4.69, 9.17) is 14.2 Å². The van der Waals surface area contributed by atoms with E-state index >= 15 is 0 Å². The first-order chi connectivity index (χ1) is 24.6. The van der Waals surface area contributed by atoms with Gasteiger partial charge >= 0.3 is 18.0 Å². The smallest absolute Gasteiger partial charge is 0.412 e. The third kappa shape index (κ3) is 8.78. The molecule has 3 fully saturated rings. The first-order valence-corrected chi connectivity index (χ1v) is 18.9. The summed E-state index contributed by atoms with van der Waals surface area (Å²) in [6, 6.07) is 18.4. The molecule has 2 N–H and O–H groups in total. The normalized spacial score (nSPS) is 21.4. The van der Waals surface area contributed by atoms with Gasteiger partial charge in [-0.25, -0.2) is 9.59 Å². The number of thiophene rings is 1. The molecule has 2 atom stereocenters. The summed E-state index contributed by atoms with van der Waals surface area (Å²) < 4.78 is 17.1. The Morgan fingerprint density at radius 1 is 1.04 bits per heavy atom. The molecule has 278 valence electrons. The molecule has 0 radical (unpaired) electrons. The van der Waals surface area contributed by atoms with E-state index in [9.17, 15) is 24.3 Å². The van der Waals surface area contributed by atoms with Gasteiger partial charge in [-0.3, -0.25) is 19.8 Å². The van der Waals surface area contributed by atoms with E-state index in [0.717, 1.165) is 54.7 Å². The SMILES string of the molecule is CC(C)(C)OC(=O)Nc1sc(-c2ccc(OC(Cc3ccccc3)C(=O)O)cc2)cc1C(=O)N1CCC(N2CCCC3(C2)CC(C)(C)OC3=O)CC1. The third-order valence-electron chi connectivity index (χ3n) is 9.97. The molecule has 52 heavy (non-hydrogen) atoms. The zero-order chi connectivity index (χ0) is 37.3. The Morgan fingerprint density at radius 2 is 1.73 bits per heavy atom. The number of ether oxygens (including phenoxy) is 3. The highest BCUT2D eigenvalue weighted by atomic mass is 32.1. The molecule has 4 heterocycles. The molecule has 2 amide bonds. The van der Waals surface area contributed by atoms with Crippen molar-refractivity contribution in [1.29, 1.82) is 0 Å². The van der Waals surface area contributed by atoms with Gasteiger partial charge in [0.25, 0.3) is 5.91 Å². The minimum absolute atomic E-state index is 0.0808.